The predicted octanol–water partition coefficient (Wildman–Crippen LogP) is 5.18. The van der Waals surface area contributed by atoms with Crippen molar-refractivity contribution in [3.8, 4) is 11.8 Å². The topological polar surface area (TPSA) is 40.5 Å². The molecule has 3 nitrogen and oxygen atoms in total. The number of rotatable bonds is 2. The first-order valence-corrected chi connectivity index (χ1v) is 11.9. The van der Waals surface area contributed by atoms with Crippen molar-refractivity contribution in [2.45, 2.75) is 57.5 Å². The van der Waals surface area contributed by atoms with Crippen molar-refractivity contribution in [3.63, 3.8) is 0 Å². The summed E-state index contributed by atoms with van der Waals surface area (Å²) in [5.74, 6) is 7.35. The van der Waals surface area contributed by atoms with Crippen molar-refractivity contribution in [1.29, 1.82) is 0 Å². The molecule has 166 valence electrons. The second-order valence-corrected chi connectivity index (χ2v) is 10.4. The first-order chi connectivity index (χ1) is 15.3. The zero-order valence-corrected chi connectivity index (χ0v) is 19.6. The first-order valence-electron chi connectivity index (χ1n) is 11.9. The molecule has 1 aromatic carbocycles. The SMILES string of the molecule is CC#CC1(O)CCC2C3C=CC4=CC(=O)CCC4=C3C(c3ccc(N(C)C)cc3)CC21C. The summed E-state index contributed by atoms with van der Waals surface area (Å²) in [5.41, 5.74) is 5.23. The van der Waals surface area contributed by atoms with E-state index in [1.165, 1.54) is 22.4 Å². The summed E-state index contributed by atoms with van der Waals surface area (Å²) in [6.45, 7) is 4.10. The molecular formula is C29H33NO2. The summed E-state index contributed by atoms with van der Waals surface area (Å²) < 4.78 is 0. The fourth-order valence-corrected chi connectivity index (χ4v) is 6.91. The number of aliphatic hydroxyl groups is 1. The monoisotopic (exact) mass is 427 g/mol. The van der Waals surface area contributed by atoms with Gasteiger partial charge in [0.05, 0.1) is 0 Å². The molecular weight excluding hydrogens is 394 g/mol. The molecule has 5 rings (SSSR count). The van der Waals surface area contributed by atoms with Gasteiger partial charge in [-0.2, -0.15) is 0 Å². The van der Waals surface area contributed by atoms with Gasteiger partial charge in [0.2, 0.25) is 0 Å². The molecule has 1 aromatic rings. The molecule has 0 aromatic heterocycles. The van der Waals surface area contributed by atoms with Crippen LogP contribution in [-0.4, -0.2) is 30.6 Å². The molecule has 0 saturated heterocycles. The Morgan fingerprint density at radius 3 is 2.59 bits per heavy atom. The molecule has 0 amide bonds. The highest BCUT2D eigenvalue weighted by Gasteiger charge is 2.62. The van der Waals surface area contributed by atoms with E-state index in [0.29, 0.717) is 18.3 Å². The second-order valence-electron chi connectivity index (χ2n) is 10.4. The summed E-state index contributed by atoms with van der Waals surface area (Å²) in [6, 6.07) is 8.89. The lowest BCUT2D eigenvalue weighted by molar-refractivity contribution is -0.114. The van der Waals surface area contributed by atoms with E-state index in [1.54, 1.807) is 0 Å². The first kappa shape index (κ1) is 21.3. The van der Waals surface area contributed by atoms with E-state index in [9.17, 15) is 9.90 Å². The van der Waals surface area contributed by atoms with Gasteiger partial charge in [0.15, 0.2) is 5.78 Å². The van der Waals surface area contributed by atoms with Crippen LogP contribution in [0.4, 0.5) is 5.69 Å². The Labute approximate surface area is 191 Å². The molecule has 0 spiro atoms. The van der Waals surface area contributed by atoms with E-state index in [0.717, 1.165) is 31.3 Å². The Balaban J connectivity index is 1.68. The van der Waals surface area contributed by atoms with Crippen molar-refractivity contribution in [3.05, 3.63) is 64.8 Å². The van der Waals surface area contributed by atoms with Crippen LogP contribution in [0.1, 0.15) is 57.4 Å². The third-order valence-electron chi connectivity index (χ3n) is 8.64. The van der Waals surface area contributed by atoms with Gasteiger partial charge in [-0.25, -0.2) is 0 Å². The van der Waals surface area contributed by atoms with Gasteiger partial charge in [-0.05, 0) is 73.4 Å². The average Bonchev–Trinajstić information content (AvgIpc) is 3.03. The summed E-state index contributed by atoms with van der Waals surface area (Å²) >= 11 is 0. The largest absolute Gasteiger partial charge is 0.378 e. The van der Waals surface area contributed by atoms with Crippen LogP contribution in [0.3, 0.4) is 0 Å². The lowest BCUT2D eigenvalue weighted by atomic mass is 9.52. The van der Waals surface area contributed by atoms with Gasteiger partial charge in [0.25, 0.3) is 0 Å². The van der Waals surface area contributed by atoms with E-state index < -0.39 is 5.60 Å². The Kier molecular flexibility index (Phi) is 4.98. The van der Waals surface area contributed by atoms with Crippen LogP contribution >= 0.6 is 0 Å². The molecule has 2 fully saturated rings. The van der Waals surface area contributed by atoms with Crippen LogP contribution in [0.5, 0.6) is 0 Å². The number of benzene rings is 1. The van der Waals surface area contributed by atoms with Crippen LogP contribution in [0.15, 0.2) is 59.2 Å². The molecule has 32 heavy (non-hydrogen) atoms. The Morgan fingerprint density at radius 2 is 1.91 bits per heavy atom. The van der Waals surface area contributed by atoms with E-state index in [4.69, 9.17) is 0 Å². The Hall–Kier alpha value is -2.57. The normalized spacial score (nSPS) is 35.3. The number of carbonyl (C=O) groups is 1. The number of carbonyl (C=O) groups excluding carboxylic acids is 1. The van der Waals surface area contributed by atoms with E-state index >= 15 is 0 Å². The minimum Gasteiger partial charge on any atom is -0.378 e. The van der Waals surface area contributed by atoms with Crippen LogP contribution in [0, 0.1) is 29.1 Å². The predicted molar refractivity (Wildman–Crippen MR) is 129 cm³/mol. The van der Waals surface area contributed by atoms with E-state index in [1.807, 2.05) is 13.0 Å². The molecule has 5 unspecified atom stereocenters. The van der Waals surface area contributed by atoms with Gasteiger partial charge in [-0.1, -0.05) is 42.7 Å². The fourth-order valence-electron chi connectivity index (χ4n) is 6.91. The number of fused-ring (bicyclic) bond motifs is 4. The summed E-state index contributed by atoms with van der Waals surface area (Å²) in [7, 11) is 4.12. The molecule has 4 aliphatic rings. The number of allylic oxidation sites excluding steroid dienone is 6. The number of hydrogen-bond donors (Lipinski definition) is 1. The smallest absolute Gasteiger partial charge is 0.156 e. The lowest BCUT2D eigenvalue weighted by Gasteiger charge is -2.52. The average molecular weight is 428 g/mol. The second kappa shape index (κ2) is 7.49. The minimum absolute atomic E-state index is 0.220. The fraction of sp³-hybridized carbons (Fsp3) is 0.483. The molecule has 5 atom stereocenters. The minimum atomic E-state index is -0.947. The van der Waals surface area contributed by atoms with Gasteiger partial charge in [0.1, 0.15) is 5.60 Å². The van der Waals surface area contributed by atoms with Gasteiger partial charge in [0, 0.05) is 43.5 Å². The standard InChI is InChI=1S/C29H33NO2/c1-5-15-29(32)16-14-26-24-12-8-20-17-22(31)11-13-23(20)27(24)25(18-28(26,29)2)19-6-9-21(10-7-19)30(3)4/h6-10,12,17,24-26,32H,11,13-14,16,18H2,1-4H3. The highest BCUT2D eigenvalue weighted by Crippen LogP contribution is 2.65. The molecule has 3 heteroatoms. The van der Waals surface area contributed by atoms with Crippen LogP contribution in [0.25, 0.3) is 0 Å². The highest BCUT2D eigenvalue weighted by molar-refractivity contribution is 5.93. The molecule has 2 saturated carbocycles. The third-order valence-corrected chi connectivity index (χ3v) is 8.64. The number of anilines is 1. The molecule has 1 N–H and O–H groups in total. The summed E-state index contributed by atoms with van der Waals surface area (Å²) in [4.78, 5) is 14.3. The zero-order chi connectivity index (χ0) is 22.7. The maximum atomic E-state index is 12.1. The van der Waals surface area contributed by atoms with Crippen LogP contribution in [-0.2, 0) is 4.79 Å². The number of ketones is 1. The maximum Gasteiger partial charge on any atom is 0.156 e. The van der Waals surface area contributed by atoms with Crippen molar-refractivity contribution in [1.82, 2.24) is 0 Å². The Morgan fingerprint density at radius 1 is 1.16 bits per heavy atom. The molecule has 0 bridgehead atoms. The maximum absolute atomic E-state index is 12.1. The van der Waals surface area contributed by atoms with Gasteiger partial charge < -0.3 is 10.0 Å². The van der Waals surface area contributed by atoms with Crippen molar-refractivity contribution in [2.75, 3.05) is 19.0 Å². The molecule has 0 aliphatic heterocycles. The Bertz CT molecular complexity index is 1110. The van der Waals surface area contributed by atoms with Gasteiger partial charge in [-0.15, -0.1) is 5.92 Å². The highest BCUT2D eigenvalue weighted by atomic mass is 16.3. The van der Waals surface area contributed by atoms with E-state index in [-0.39, 0.29) is 17.1 Å². The number of nitrogens with zero attached hydrogens (tertiary/aromatic N) is 1. The molecule has 0 radical (unpaired) electrons. The van der Waals surface area contributed by atoms with Crippen LogP contribution < -0.4 is 4.90 Å². The van der Waals surface area contributed by atoms with Gasteiger partial charge >= 0.3 is 0 Å². The quantitative estimate of drug-likeness (QED) is 0.661. The van der Waals surface area contributed by atoms with E-state index in [2.05, 4.69) is 74.2 Å². The third kappa shape index (κ3) is 3.04. The number of hydrogen-bond acceptors (Lipinski definition) is 3. The molecule has 0 heterocycles. The summed E-state index contributed by atoms with van der Waals surface area (Å²) in [6.07, 6.45) is 10.4. The lowest BCUT2D eigenvalue weighted by Crippen LogP contribution is -2.50. The van der Waals surface area contributed by atoms with Crippen LogP contribution in [0.2, 0.25) is 0 Å². The van der Waals surface area contributed by atoms with Crippen molar-refractivity contribution < 1.29 is 9.90 Å². The van der Waals surface area contributed by atoms with Crippen molar-refractivity contribution >= 4 is 11.5 Å². The van der Waals surface area contributed by atoms with Gasteiger partial charge in [-0.3, -0.25) is 4.79 Å². The zero-order valence-electron chi connectivity index (χ0n) is 19.6. The van der Waals surface area contributed by atoms with Crippen molar-refractivity contribution in [2.24, 2.45) is 17.3 Å². The summed E-state index contributed by atoms with van der Waals surface area (Å²) in [5, 5.41) is 11.7. The molecule has 4 aliphatic carbocycles.